The number of rotatable bonds is 3. The van der Waals surface area contributed by atoms with Crippen LogP contribution in [0, 0.1) is 5.82 Å². The number of hydrogen-bond donors (Lipinski definition) is 0. The van der Waals surface area contributed by atoms with Gasteiger partial charge in [-0.1, -0.05) is 42.4 Å². The van der Waals surface area contributed by atoms with E-state index in [0.29, 0.717) is 0 Å². The minimum atomic E-state index is -0.366. The molecule has 0 spiro atoms. The van der Waals surface area contributed by atoms with E-state index >= 15 is 0 Å². The van der Waals surface area contributed by atoms with Gasteiger partial charge in [-0.3, -0.25) is 4.98 Å². The molecular formula is C17H13FN4. The van der Waals surface area contributed by atoms with Crippen molar-refractivity contribution in [3.8, 4) is 11.1 Å². The molecule has 1 atom stereocenters. The van der Waals surface area contributed by atoms with Crippen LogP contribution in [0.5, 0.6) is 0 Å². The Morgan fingerprint density at radius 2 is 2.05 bits per heavy atom. The van der Waals surface area contributed by atoms with Gasteiger partial charge >= 0.3 is 0 Å². The summed E-state index contributed by atoms with van der Waals surface area (Å²) in [4.78, 5) is 7.31. The molecule has 3 aromatic rings. The lowest BCUT2D eigenvalue weighted by molar-refractivity contribution is 0.628. The van der Waals surface area contributed by atoms with E-state index in [1.165, 1.54) is 12.1 Å². The maximum atomic E-state index is 13.6. The molecule has 5 heteroatoms. The van der Waals surface area contributed by atoms with Crippen molar-refractivity contribution < 1.29 is 4.39 Å². The molecule has 0 aliphatic rings. The summed E-state index contributed by atoms with van der Waals surface area (Å²) in [5, 5.41) is 4.73. The number of nitrogens with zero attached hydrogens (tertiary/aromatic N) is 4. The third-order valence-electron chi connectivity index (χ3n) is 3.60. The maximum Gasteiger partial charge on any atom is 0.123 e. The summed E-state index contributed by atoms with van der Waals surface area (Å²) in [5.74, 6) is -0.312. The number of halogens is 1. The SMILES string of the molecule is CC(N=[N+]=[N-])c1ccc2cccnc2c1-c1cccc(F)c1. The van der Waals surface area contributed by atoms with Crippen LogP contribution in [0.1, 0.15) is 18.5 Å². The van der Waals surface area contributed by atoms with Crippen molar-refractivity contribution in [2.24, 2.45) is 5.11 Å². The van der Waals surface area contributed by atoms with E-state index in [-0.39, 0.29) is 11.9 Å². The third-order valence-corrected chi connectivity index (χ3v) is 3.60. The first-order chi connectivity index (χ1) is 10.7. The van der Waals surface area contributed by atoms with Crippen molar-refractivity contribution in [1.29, 1.82) is 0 Å². The Bertz CT molecular complexity index is 885. The van der Waals surface area contributed by atoms with Gasteiger partial charge in [-0.2, -0.15) is 0 Å². The zero-order valence-corrected chi connectivity index (χ0v) is 11.9. The van der Waals surface area contributed by atoms with Crippen molar-refractivity contribution in [3.63, 3.8) is 0 Å². The summed E-state index contributed by atoms with van der Waals surface area (Å²) in [6, 6.07) is 13.6. The molecule has 1 aromatic heterocycles. The van der Waals surface area contributed by atoms with Crippen LogP contribution in [0.3, 0.4) is 0 Å². The fourth-order valence-corrected chi connectivity index (χ4v) is 2.60. The third kappa shape index (κ3) is 2.50. The minimum absolute atomic E-state index is 0.312. The molecule has 0 saturated carbocycles. The summed E-state index contributed by atoms with van der Waals surface area (Å²) < 4.78 is 13.6. The zero-order valence-electron chi connectivity index (χ0n) is 11.9. The standard InChI is InChI=1S/C17H13FN4/c1-11(21-22-19)15-8-7-12-5-3-9-20-17(12)16(15)13-4-2-6-14(18)10-13/h2-11H,1H3. The van der Waals surface area contributed by atoms with Crippen molar-refractivity contribution in [1.82, 2.24) is 4.98 Å². The van der Waals surface area contributed by atoms with Crippen LogP contribution >= 0.6 is 0 Å². The second-order valence-corrected chi connectivity index (χ2v) is 5.00. The minimum Gasteiger partial charge on any atom is -0.256 e. The van der Waals surface area contributed by atoms with Crippen molar-refractivity contribution in [2.45, 2.75) is 13.0 Å². The van der Waals surface area contributed by atoms with Crippen LogP contribution in [-0.4, -0.2) is 4.98 Å². The molecule has 108 valence electrons. The van der Waals surface area contributed by atoms with Crippen molar-refractivity contribution >= 4 is 10.9 Å². The molecule has 3 rings (SSSR count). The van der Waals surface area contributed by atoms with Crippen LogP contribution in [0.25, 0.3) is 32.5 Å². The van der Waals surface area contributed by atoms with Gasteiger partial charge in [-0.15, -0.1) is 0 Å². The van der Waals surface area contributed by atoms with Gasteiger partial charge in [0.15, 0.2) is 0 Å². The van der Waals surface area contributed by atoms with Gasteiger partial charge in [-0.05, 0) is 34.9 Å². The lowest BCUT2D eigenvalue weighted by Gasteiger charge is -2.15. The van der Waals surface area contributed by atoms with E-state index in [1.807, 2.05) is 37.3 Å². The predicted octanol–water partition coefficient (Wildman–Crippen LogP) is 5.41. The van der Waals surface area contributed by atoms with Gasteiger partial charge in [0.1, 0.15) is 5.82 Å². The van der Waals surface area contributed by atoms with E-state index in [0.717, 1.165) is 27.6 Å². The number of azide groups is 1. The average Bonchev–Trinajstić information content (AvgIpc) is 2.54. The second-order valence-electron chi connectivity index (χ2n) is 5.00. The highest BCUT2D eigenvalue weighted by Gasteiger charge is 2.15. The molecule has 0 N–H and O–H groups in total. The van der Waals surface area contributed by atoms with Crippen LogP contribution in [-0.2, 0) is 0 Å². The van der Waals surface area contributed by atoms with Gasteiger partial charge in [0.25, 0.3) is 0 Å². The Hall–Kier alpha value is -2.91. The normalized spacial score (nSPS) is 11.9. The molecule has 4 nitrogen and oxygen atoms in total. The monoisotopic (exact) mass is 292 g/mol. The highest BCUT2D eigenvalue weighted by molar-refractivity contribution is 5.95. The number of benzene rings is 2. The molecular weight excluding hydrogens is 279 g/mol. The van der Waals surface area contributed by atoms with Crippen molar-refractivity contribution in [3.05, 3.63) is 76.6 Å². The Balaban J connectivity index is 2.36. The summed E-state index contributed by atoms with van der Waals surface area (Å²) in [6.07, 6.45) is 1.70. The van der Waals surface area contributed by atoms with Gasteiger partial charge in [0.05, 0.1) is 11.6 Å². The first kappa shape index (κ1) is 14.0. The molecule has 2 aromatic carbocycles. The highest BCUT2D eigenvalue weighted by atomic mass is 19.1. The first-order valence-corrected chi connectivity index (χ1v) is 6.88. The molecule has 1 unspecified atom stereocenters. The van der Waals surface area contributed by atoms with Crippen molar-refractivity contribution in [2.75, 3.05) is 0 Å². The second kappa shape index (κ2) is 5.84. The summed E-state index contributed by atoms with van der Waals surface area (Å²) >= 11 is 0. The quantitative estimate of drug-likeness (QED) is 0.361. The zero-order chi connectivity index (χ0) is 15.5. The van der Waals surface area contributed by atoms with Gasteiger partial charge < -0.3 is 0 Å². The van der Waals surface area contributed by atoms with E-state index in [2.05, 4.69) is 15.0 Å². The van der Waals surface area contributed by atoms with Crippen LogP contribution in [0.15, 0.2) is 59.8 Å². The fraction of sp³-hybridized carbons (Fsp3) is 0.118. The van der Waals surface area contributed by atoms with Crippen LogP contribution in [0.4, 0.5) is 4.39 Å². The fourth-order valence-electron chi connectivity index (χ4n) is 2.60. The van der Waals surface area contributed by atoms with E-state index in [9.17, 15) is 4.39 Å². The van der Waals surface area contributed by atoms with Crippen LogP contribution in [0.2, 0.25) is 0 Å². The smallest absolute Gasteiger partial charge is 0.123 e. The Kier molecular flexibility index (Phi) is 3.73. The molecule has 22 heavy (non-hydrogen) atoms. The van der Waals surface area contributed by atoms with Gasteiger partial charge in [0.2, 0.25) is 0 Å². The average molecular weight is 292 g/mol. The molecule has 0 saturated heterocycles. The Morgan fingerprint density at radius 1 is 1.18 bits per heavy atom. The molecule has 0 radical (unpaired) electrons. The Morgan fingerprint density at radius 3 is 2.82 bits per heavy atom. The van der Waals surface area contributed by atoms with E-state index in [4.69, 9.17) is 5.53 Å². The number of hydrogen-bond acceptors (Lipinski definition) is 2. The molecule has 0 amide bonds. The van der Waals surface area contributed by atoms with E-state index < -0.39 is 0 Å². The lowest BCUT2D eigenvalue weighted by atomic mass is 9.93. The molecule has 0 aliphatic heterocycles. The number of pyridine rings is 1. The highest BCUT2D eigenvalue weighted by Crippen LogP contribution is 2.35. The first-order valence-electron chi connectivity index (χ1n) is 6.88. The topological polar surface area (TPSA) is 61.7 Å². The Labute approximate surface area is 126 Å². The molecule has 0 fully saturated rings. The molecule has 0 bridgehead atoms. The number of aromatic nitrogens is 1. The van der Waals surface area contributed by atoms with E-state index in [1.54, 1.807) is 12.3 Å². The molecule has 0 aliphatic carbocycles. The summed E-state index contributed by atoms with van der Waals surface area (Å²) in [7, 11) is 0. The predicted molar refractivity (Wildman–Crippen MR) is 84.7 cm³/mol. The lowest BCUT2D eigenvalue weighted by Crippen LogP contribution is -1.96. The number of fused-ring (bicyclic) bond motifs is 1. The largest absolute Gasteiger partial charge is 0.256 e. The van der Waals surface area contributed by atoms with Crippen LogP contribution < -0.4 is 0 Å². The maximum absolute atomic E-state index is 13.6. The van der Waals surface area contributed by atoms with Gasteiger partial charge in [-0.25, -0.2) is 4.39 Å². The molecule has 1 heterocycles. The summed E-state index contributed by atoms with van der Waals surface area (Å²) in [6.45, 7) is 1.81. The van der Waals surface area contributed by atoms with Gasteiger partial charge in [0, 0.05) is 22.1 Å². The summed E-state index contributed by atoms with van der Waals surface area (Å²) in [5.41, 5.74) is 11.8.